The van der Waals surface area contributed by atoms with Gasteiger partial charge in [0.2, 0.25) is 0 Å². The lowest BCUT2D eigenvalue weighted by Crippen LogP contribution is -2.47. The number of hydrogen-bond acceptors (Lipinski definition) is 10. The highest BCUT2D eigenvalue weighted by Crippen LogP contribution is 2.46. The number of nitrogen functional groups attached to an aromatic ring is 1. The van der Waals surface area contributed by atoms with E-state index in [1.807, 2.05) is 6.92 Å². The quantitative estimate of drug-likeness (QED) is 0.144. The first-order valence-corrected chi connectivity index (χ1v) is 14.8. The molecule has 2 aromatic rings. The lowest BCUT2D eigenvalue weighted by Gasteiger charge is -2.29. The molecule has 37 heavy (non-hydrogen) atoms. The van der Waals surface area contributed by atoms with Gasteiger partial charge in [-0.2, -0.15) is 0 Å². The number of aromatic nitrogens is 4. The first-order valence-electron chi connectivity index (χ1n) is 13.0. The van der Waals surface area contributed by atoms with Crippen LogP contribution in [0, 0.1) is 0 Å². The molecule has 3 N–H and O–H groups in total. The van der Waals surface area contributed by atoms with Crippen LogP contribution >= 0.6 is 7.52 Å². The van der Waals surface area contributed by atoms with Crippen molar-refractivity contribution in [2.75, 3.05) is 18.7 Å². The van der Waals surface area contributed by atoms with Gasteiger partial charge in [-0.3, -0.25) is 9.36 Å². The monoisotopic (exact) mass is 537 g/mol. The Morgan fingerprint density at radius 2 is 2.00 bits per heavy atom. The van der Waals surface area contributed by atoms with Crippen molar-refractivity contribution in [2.24, 2.45) is 5.16 Å². The van der Waals surface area contributed by atoms with E-state index in [9.17, 15) is 9.36 Å². The van der Waals surface area contributed by atoms with Crippen molar-refractivity contribution in [3.8, 4) is 0 Å². The molecule has 206 valence electrons. The molecular formula is C24H40N7O5P. The van der Waals surface area contributed by atoms with Gasteiger partial charge in [0, 0.05) is 0 Å². The highest BCUT2D eigenvalue weighted by atomic mass is 31.2. The Balaban J connectivity index is 1.64. The number of imidazole rings is 1. The molecule has 12 nitrogen and oxygen atoms in total. The molecule has 0 aliphatic heterocycles. The SMILES string of the molecule is CCCCCCOC(=O)C(C)(C)NP(=O)(CO[C@H](C)Cn1cnc2c(N)ncnc21)ON=C1CCCC1. The van der Waals surface area contributed by atoms with E-state index in [1.54, 1.807) is 24.7 Å². The van der Waals surface area contributed by atoms with Crippen LogP contribution in [0.5, 0.6) is 0 Å². The number of esters is 1. The first kappa shape index (κ1) is 29.0. The summed E-state index contributed by atoms with van der Waals surface area (Å²) in [5.41, 5.74) is 6.54. The fourth-order valence-electron chi connectivity index (χ4n) is 4.01. The minimum absolute atomic E-state index is 0.290. The fourth-order valence-corrected chi connectivity index (χ4v) is 5.80. The molecule has 1 aliphatic rings. The predicted molar refractivity (Wildman–Crippen MR) is 142 cm³/mol. The maximum Gasteiger partial charge on any atom is 0.365 e. The van der Waals surface area contributed by atoms with Gasteiger partial charge >= 0.3 is 13.5 Å². The maximum atomic E-state index is 13.8. The summed E-state index contributed by atoms with van der Waals surface area (Å²) in [6, 6.07) is 0. The largest absolute Gasteiger partial charge is 0.464 e. The number of ether oxygens (including phenoxy) is 2. The van der Waals surface area contributed by atoms with E-state index in [1.165, 1.54) is 6.33 Å². The van der Waals surface area contributed by atoms with E-state index in [4.69, 9.17) is 19.8 Å². The zero-order chi connectivity index (χ0) is 26.9. The summed E-state index contributed by atoms with van der Waals surface area (Å²) in [7, 11) is -3.73. The van der Waals surface area contributed by atoms with Gasteiger partial charge in [0.25, 0.3) is 0 Å². The van der Waals surface area contributed by atoms with Crippen LogP contribution in [0.25, 0.3) is 11.2 Å². The third kappa shape index (κ3) is 8.48. The molecule has 1 saturated carbocycles. The van der Waals surface area contributed by atoms with E-state index in [2.05, 4.69) is 32.1 Å². The van der Waals surface area contributed by atoms with Gasteiger partial charge in [-0.1, -0.05) is 31.3 Å². The maximum absolute atomic E-state index is 13.8. The number of hydrogen-bond donors (Lipinski definition) is 2. The molecule has 13 heteroatoms. The molecule has 2 aromatic heterocycles. The summed E-state index contributed by atoms with van der Waals surface area (Å²) in [5.74, 6) is -0.207. The second kappa shape index (κ2) is 13.3. The van der Waals surface area contributed by atoms with Crippen molar-refractivity contribution < 1.29 is 23.5 Å². The van der Waals surface area contributed by atoms with Crippen LogP contribution in [-0.4, -0.2) is 55.8 Å². The molecule has 0 amide bonds. The second-order valence-electron chi connectivity index (χ2n) is 9.99. The van der Waals surface area contributed by atoms with Crippen molar-refractivity contribution in [1.29, 1.82) is 0 Å². The van der Waals surface area contributed by atoms with Crippen molar-refractivity contribution in [2.45, 2.75) is 97.2 Å². The summed E-state index contributed by atoms with van der Waals surface area (Å²) in [6.45, 7) is 7.88. The highest BCUT2D eigenvalue weighted by molar-refractivity contribution is 7.56. The van der Waals surface area contributed by atoms with Crippen LogP contribution in [0.4, 0.5) is 5.82 Å². The number of carbonyl (C=O) groups excluding carboxylic acids is 1. The highest BCUT2D eigenvalue weighted by Gasteiger charge is 2.40. The minimum Gasteiger partial charge on any atom is -0.464 e. The first-order chi connectivity index (χ1) is 17.6. The second-order valence-corrected chi connectivity index (χ2v) is 12.0. The lowest BCUT2D eigenvalue weighted by atomic mass is 10.1. The van der Waals surface area contributed by atoms with E-state index in [0.29, 0.717) is 30.1 Å². The van der Waals surface area contributed by atoms with Gasteiger partial charge in [-0.15, -0.1) is 0 Å². The van der Waals surface area contributed by atoms with Crippen molar-refractivity contribution in [3.63, 3.8) is 0 Å². The minimum atomic E-state index is -3.73. The molecule has 0 spiro atoms. The molecule has 2 heterocycles. The number of unbranched alkanes of at least 4 members (excludes halogenated alkanes) is 3. The van der Waals surface area contributed by atoms with Crippen LogP contribution in [0.3, 0.4) is 0 Å². The lowest BCUT2D eigenvalue weighted by molar-refractivity contribution is -0.149. The Morgan fingerprint density at radius 1 is 1.24 bits per heavy atom. The molecule has 0 aromatic carbocycles. The van der Waals surface area contributed by atoms with Crippen molar-refractivity contribution in [1.82, 2.24) is 24.6 Å². The van der Waals surface area contributed by atoms with Crippen LogP contribution < -0.4 is 10.8 Å². The Kier molecular flexibility index (Phi) is 10.4. The summed E-state index contributed by atoms with van der Waals surface area (Å²) >= 11 is 0. The molecular weight excluding hydrogens is 497 g/mol. The number of nitrogens with two attached hydrogens (primary N) is 1. The van der Waals surface area contributed by atoms with Gasteiger partial charge in [0.15, 0.2) is 11.5 Å². The third-order valence-corrected chi connectivity index (χ3v) is 7.82. The molecule has 3 rings (SSSR count). The summed E-state index contributed by atoms with van der Waals surface area (Å²) < 4.78 is 32.6. The Bertz CT molecular complexity index is 1110. The van der Waals surface area contributed by atoms with Gasteiger partial charge in [-0.05, 0) is 52.9 Å². The van der Waals surface area contributed by atoms with E-state index < -0.39 is 19.0 Å². The molecule has 1 aliphatic carbocycles. The topological polar surface area (TPSA) is 156 Å². The fraction of sp³-hybridized carbons (Fsp3) is 0.708. The van der Waals surface area contributed by atoms with Gasteiger partial charge in [0.1, 0.15) is 23.7 Å². The number of nitrogens with zero attached hydrogens (tertiary/aromatic N) is 5. The normalized spacial score (nSPS) is 16.5. The zero-order valence-corrected chi connectivity index (χ0v) is 23.2. The molecule has 1 fully saturated rings. The molecule has 0 radical (unpaired) electrons. The molecule has 2 atom stereocenters. The third-order valence-electron chi connectivity index (χ3n) is 6.09. The number of carbonyl (C=O) groups is 1. The number of oxime groups is 1. The van der Waals surface area contributed by atoms with E-state index in [0.717, 1.165) is 57.1 Å². The molecule has 1 unspecified atom stereocenters. The molecule has 0 saturated heterocycles. The van der Waals surface area contributed by atoms with Gasteiger partial charge < -0.3 is 24.4 Å². The number of rotatable bonds is 15. The summed E-state index contributed by atoms with van der Waals surface area (Å²) in [5, 5.41) is 7.02. The van der Waals surface area contributed by atoms with Crippen LogP contribution in [-0.2, 0) is 30.0 Å². The number of anilines is 1. The summed E-state index contributed by atoms with van der Waals surface area (Å²) in [6.07, 6.45) is 9.93. The van der Waals surface area contributed by atoms with Gasteiger partial charge in [0.05, 0.1) is 31.3 Å². The molecule has 0 bridgehead atoms. The predicted octanol–water partition coefficient (Wildman–Crippen LogP) is 4.40. The van der Waals surface area contributed by atoms with Crippen LogP contribution in [0.1, 0.15) is 79.1 Å². The van der Waals surface area contributed by atoms with Crippen molar-refractivity contribution >= 4 is 36.2 Å². The Labute approximate surface area is 218 Å². The standard InChI is InChI=1S/C24H40N7O5P/c1-5-6-7-10-13-34-23(32)24(3,4)30-37(33,36-29-19-11-8-9-12-19)17-35-18(2)14-31-16-28-20-21(25)26-15-27-22(20)31/h15-16,18H,5-14,17H2,1-4H3,(H,30,33)(H2,25,26,27)/t18-,37?/m1/s1. The Hall–Kier alpha value is -2.56. The van der Waals surface area contributed by atoms with Crippen LogP contribution in [0.15, 0.2) is 17.8 Å². The van der Waals surface area contributed by atoms with E-state index in [-0.39, 0.29) is 12.5 Å². The van der Waals surface area contributed by atoms with Gasteiger partial charge in [-0.25, -0.2) is 20.0 Å². The summed E-state index contributed by atoms with van der Waals surface area (Å²) in [4.78, 5) is 25.2. The van der Waals surface area contributed by atoms with Crippen LogP contribution in [0.2, 0.25) is 0 Å². The van der Waals surface area contributed by atoms with Crippen molar-refractivity contribution in [3.05, 3.63) is 12.7 Å². The zero-order valence-electron chi connectivity index (χ0n) is 22.3. The van der Waals surface area contributed by atoms with E-state index >= 15 is 0 Å². The Morgan fingerprint density at radius 3 is 2.73 bits per heavy atom. The average molecular weight is 538 g/mol. The smallest absolute Gasteiger partial charge is 0.365 e. The average Bonchev–Trinajstić information content (AvgIpc) is 3.52. The number of nitrogens with one attached hydrogen (secondary N) is 1. The number of fused-ring (bicyclic) bond motifs is 1.